The molecule has 3 aromatic rings. The molecular formula is C17H13N3O4. The Kier molecular flexibility index (Phi) is 4.62. The molecule has 0 aliphatic carbocycles. The minimum absolute atomic E-state index is 0.310. The number of furan rings is 1. The first-order valence-corrected chi connectivity index (χ1v) is 7.13. The molecule has 1 aromatic carbocycles. The number of nitrogens with zero attached hydrogens (tertiary/aromatic N) is 3. The van der Waals surface area contributed by atoms with Crippen molar-refractivity contribution in [2.45, 2.75) is 6.61 Å². The maximum absolute atomic E-state index is 10.6. The van der Waals surface area contributed by atoms with Gasteiger partial charge in [-0.15, -0.1) is 0 Å². The van der Waals surface area contributed by atoms with Crippen LogP contribution in [0, 0.1) is 10.1 Å². The number of hydrogen-bond donors (Lipinski definition) is 0. The fourth-order valence-electron chi connectivity index (χ4n) is 1.94. The molecule has 2 aromatic heterocycles. The first kappa shape index (κ1) is 15.4. The Balaban J connectivity index is 1.66. The van der Waals surface area contributed by atoms with Crippen molar-refractivity contribution in [3.05, 3.63) is 82.0 Å². The zero-order valence-electron chi connectivity index (χ0n) is 12.5. The van der Waals surface area contributed by atoms with E-state index >= 15 is 0 Å². The molecule has 0 aliphatic rings. The largest absolute Gasteiger partial charge is 0.473 e. The minimum atomic E-state index is -0.591. The number of nitro groups is 1. The quantitative estimate of drug-likeness (QED) is 0.507. The molecule has 0 saturated heterocycles. The van der Waals surface area contributed by atoms with Crippen molar-refractivity contribution in [3.63, 3.8) is 0 Å². The van der Waals surface area contributed by atoms with Gasteiger partial charge in [0.2, 0.25) is 5.88 Å². The van der Waals surface area contributed by atoms with Gasteiger partial charge in [0.05, 0.1) is 6.07 Å². The summed E-state index contributed by atoms with van der Waals surface area (Å²) in [5.41, 5.74) is 1.04. The summed E-state index contributed by atoms with van der Waals surface area (Å²) in [5, 5.41) is 10.6. The predicted molar refractivity (Wildman–Crippen MR) is 87.1 cm³/mol. The maximum atomic E-state index is 10.6. The van der Waals surface area contributed by atoms with Gasteiger partial charge in [0.25, 0.3) is 0 Å². The van der Waals surface area contributed by atoms with Gasteiger partial charge in [0.1, 0.15) is 17.3 Å². The van der Waals surface area contributed by atoms with Crippen LogP contribution >= 0.6 is 0 Å². The number of aromatic nitrogens is 2. The van der Waals surface area contributed by atoms with Crippen molar-refractivity contribution < 1.29 is 14.1 Å². The van der Waals surface area contributed by atoms with Crippen LogP contribution in [-0.4, -0.2) is 14.9 Å². The van der Waals surface area contributed by atoms with E-state index in [-0.39, 0.29) is 5.88 Å². The van der Waals surface area contributed by atoms with Gasteiger partial charge in [-0.1, -0.05) is 30.3 Å². The molecule has 0 radical (unpaired) electrons. The summed E-state index contributed by atoms with van der Waals surface area (Å²) in [4.78, 5) is 18.3. The molecule has 0 fully saturated rings. The van der Waals surface area contributed by atoms with E-state index in [1.54, 1.807) is 24.4 Å². The predicted octanol–water partition coefficient (Wildman–Crippen LogP) is 3.73. The summed E-state index contributed by atoms with van der Waals surface area (Å²) in [6.07, 6.45) is 4.73. The summed E-state index contributed by atoms with van der Waals surface area (Å²) >= 11 is 0. The van der Waals surface area contributed by atoms with E-state index < -0.39 is 4.92 Å². The lowest BCUT2D eigenvalue weighted by Crippen LogP contribution is -1.98. The van der Waals surface area contributed by atoms with Gasteiger partial charge in [0.15, 0.2) is 5.82 Å². The van der Waals surface area contributed by atoms with E-state index in [9.17, 15) is 10.1 Å². The summed E-state index contributed by atoms with van der Waals surface area (Å²) < 4.78 is 10.7. The maximum Gasteiger partial charge on any atom is 0.433 e. The van der Waals surface area contributed by atoms with Crippen LogP contribution in [0.15, 0.2) is 59.1 Å². The molecule has 0 saturated carbocycles. The van der Waals surface area contributed by atoms with E-state index in [0.717, 1.165) is 5.56 Å². The van der Waals surface area contributed by atoms with E-state index in [4.69, 9.17) is 9.15 Å². The van der Waals surface area contributed by atoms with Crippen LogP contribution in [0.1, 0.15) is 17.1 Å². The Bertz CT molecular complexity index is 859. The smallest absolute Gasteiger partial charge is 0.433 e. The minimum Gasteiger partial charge on any atom is -0.473 e. The lowest BCUT2D eigenvalue weighted by molar-refractivity contribution is -0.402. The standard InChI is InChI=1S/C17H13N3O4/c21-20(22)17-9-7-14(24-17)6-8-15-18-11-10-16(19-15)23-12-13-4-2-1-3-5-13/h1-11H,12H2/b8-6+. The fraction of sp³-hybridized carbons (Fsp3) is 0.0588. The average molecular weight is 323 g/mol. The first-order valence-electron chi connectivity index (χ1n) is 7.13. The van der Waals surface area contributed by atoms with Gasteiger partial charge in [-0.2, -0.15) is 4.98 Å². The number of benzene rings is 1. The summed E-state index contributed by atoms with van der Waals surface area (Å²) in [6.45, 7) is 0.408. The highest BCUT2D eigenvalue weighted by Gasteiger charge is 2.09. The second-order valence-electron chi connectivity index (χ2n) is 4.79. The van der Waals surface area contributed by atoms with E-state index in [1.165, 1.54) is 12.1 Å². The highest BCUT2D eigenvalue weighted by Crippen LogP contribution is 2.17. The monoisotopic (exact) mass is 323 g/mol. The van der Waals surface area contributed by atoms with Crippen LogP contribution in [0.5, 0.6) is 5.88 Å². The summed E-state index contributed by atoms with van der Waals surface area (Å²) in [5.74, 6) is 0.898. The van der Waals surface area contributed by atoms with Crippen molar-refractivity contribution in [2.75, 3.05) is 0 Å². The van der Waals surface area contributed by atoms with E-state index in [1.807, 2.05) is 30.3 Å². The second kappa shape index (κ2) is 7.19. The molecule has 0 atom stereocenters. The molecule has 0 spiro atoms. The van der Waals surface area contributed by atoms with Crippen molar-refractivity contribution >= 4 is 18.0 Å². The molecule has 2 heterocycles. The summed E-state index contributed by atoms with van der Waals surface area (Å²) in [7, 11) is 0. The van der Waals surface area contributed by atoms with Crippen molar-refractivity contribution in [1.82, 2.24) is 9.97 Å². The number of ether oxygens (including phenoxy) is 1. The topological polar surface area (TPSA) is 91.3 Å². The van der Waals surface area contributed by atoms with Gasteiger partial charge in [0, 0.05) is 12.3 Å². The third-order valence-corrected chi connectivity index (χ3v) is 3.07. The Morgan fingerprint density at radius 2 is 1.96 bits per heavy atom. The Morgan fingerprint density at radius 1 is 1.12 bits per heavy atom. The zero-order chi connectivity index (χ0) is 16.8. The summed E-state index contributed by atoms with van der Waals surface area (Å²) in [6, 6.07) is 14.2. The number of rotatable bonds is 6. The molecule has 3 rings (SSSR count). The number of hydrogen-bond acceptors (Lipinski definition) is 6. The first-order chi connectivity index (χ1) is 11.7. The highest BCUT2D eigenvalue weighted by molar-refractivity contribution is 5.64. The van der Waals surface area contributed by atoms with Crippen molar-refractivity contribution in [2.24, 2.45) is 0 Å². The van der Waals surface area contributed by atoms with Gasteiger partial charge >= 0.3 is 5.88 Å². The lowest BCUT2D eigenvalue weighted by Gasteiger charge is -2.05. The van der Waals surface area contributed by atoms with E-state index in [0.29, 0.717) is 24.1 Å². The van der Waals surface area contributed by atoms with E-state index in [2.05, 4.69) is 9.97 Å². The molecule has 7 nitrogen and oxygen atoms in total. The van der Waals surface area contributed by atoms with Crippen LogP contribution in [-0.2, 0) is 6.61 Å². The van der Waals surface area contributed by atoms with Gasteiger partial charge < -0.3 is 9.15 Å². The van der Waals surface area contributed by atoms with Crippen LogP contribution < -0.4 is 4.74 Å². The van der Waals surface area contributed by atoms with Gasteiger partial charge in [-0.05, 0) is 23.8 Å². The Labute approximate surface area is 137 Å². The third kappa shape index (κ3) is 4.04. The fourth-order valence-corrected chi connectivity index (χ4v) is 1.94. The van der Waals surface area contributed by atoms with Crippen LogP contribution in [0.2, 0.25) is 0 Å². The van der Waals surface area contributed by atoms with Gasteiger partial charge in [-0.25, -0.2) is 4.98 Å². The third-order valence-electron chi connectivity index (χ3n) is 3.07. The highest BCUT2D eigenvalue weighted by atomic mass is 16.6. The average Bonchev–Trinajstić information content (AvgIpc) is 3.09. The molecule has 7 heteroatoms. The molecule has 0 aliphatic heterocycles. The lowest BCUT2D eigenvalue weighted by atomic mass is 10.2. The molecule has 120 valence electrons. The Hall–Kier alpha value is -3.48. The SMILES string of the molecule is O=[N+]([O-])c1ccc(/C=C/c2nccc(OCc3ccccc3)n2)o1. The van der Waals surface area contributed by atoms with Crippen molar-refractivity contribution in [1.29, 1.82) is 0 Å². The molecule has 0 amide bonds. The molecule has 0 N–H and O–H groups in total. The van der Waals surface area contributed by atoms with Gasteiger partial charge in [-0.3, -0.25) is 10.1 Å². The zero-order valence-corrected chi connectivity index (χ0v) is 12.5. The normalized spacial score (nSPS) is 10.8. The molecule has 24 heavy (non-hydrogen) atoms. The van der Waals surface area contributed by atoms with Crippen LogP contribution in [0.3, 0.4) is 0 Å². The molecule has 0 bridgehead atoms. The second-order valence-corrected chi connectivity index (χ2v) is 4.79. The van der Waals surface area contributed by atoms with Crippen LogP contribution in [0.25, 0.3) is 12.2 Å². The molecule has 0 unspecified atom stereocenters. The molecular weight excluding hydrogens is 310 g/mol. The van der Waals surface area contributed by atoms with Crippen LogP contribution in [0.4, 0.5) is 5.88 Å². The van der Waals surface area contributed by atoms with Crippen molar-refractivity contribution in [3.8, 4) is 5.88 Å². The Morgan fingerprint density at radius 3 is 2.71 bits per heavy atom.